The molecule has 2 aromatic carbocycles. The molecule has 28 heavy (non-hydrogen) atoms. The van der Waals surface area contributed by atoms with E-state index in [1.807, 2.05) is 36.4 Å². The van der Waals surface area contributed by atoms with Crippen LogP contribution < -0.4 is 5.32 Å². The Hall–Kier alpha value is -2.92. The molecule has 0 aliphatic heterocycles. The van der Waals surface area contributed by atoms with Crippen molar-refractivity contribution in [2.45, 2.75) is 26.7 Å². The van der Waals surface area contributed by atoms with Gasteiger partial charge in [-0.1, -0.05) is 43.3 Å². The number of benzene rings is 2. The van der Waals surface area contributed by atoms with E-state index in [1.165, 1.54) is 22.5 Å². The van der Waals surface area contributed by atoms with Crippen LogP contribution in [0.15, 0.2) is 48.5 Å². The van der Waals surface area contributed by atoms with Crippen molar-refractivity contribution >= 4 is 28.2 Å². The molecule has 0 fully saturated rings. The molecular weight excluding hydrogens is 370 g/mol. The lowest BCUT2D eigenvalue weighted by Gasteiger charge is -2.09. The molecule has 142 valence electrons. The topological polar surface area (TPSA) is 55.4 Å². The Morgan fingerprint density at radius 1 is 1.07 bits per heavy atom. The van der Waals surface area contributed by atoms with Crippen molar-refractivity contribution in [3.8, 4) is 10.4 Å². The number of amides is 1. The van der Waals surface area contributed by atoms with Crippen LogP contribution in [0, 0.1) is 0 Å². The fourth-order valence-corrected chi connectivity index (χ4v) is 4.78. The highest BCUT2D eigenvalue weighted by Crippen LogP contribution is 2.47. The minimum absolute atomic E-state index is 0.221. The van der Waals surface area contributed by atoms with Crippen molar-refractivity contribution in [3.63, 3.8) is 0 Å². The van der Waals surface area contributed by atoms with Gasteiger partial charge in [0.25, 0.3) is 5.91 Å². The molecule has 0 unspecified atom stereocenters. The first-order valence-electron chi connectivity index (χ1n) is 9.43. The van der Waals surface area contributed by atoms with Crippen LogP contribution in [0.2, 0.25) is 0 Å². The third-order valence-electron chi connectivity index (χ3n) is 4.97. The van der Waals surface area contributed by atoms with E-state index in [2.05, 4.69) is 24.4 Å². The summed E-state index contributed by atoms with van der Waals surface area (Å²) in [6.45, 7) is 4.15. The fourth-order valence-electron chi connectivity index (χ4n) is 3.51. The van der Waals surface area contributed by atoms with Crippen molar-refractivity contribution in [1.82, 2.24) is 0 Å². The molecule has 0 radical (unpaired) electrons. The Kier molecular flexibility index (Phi) is 5.01. The van der Waals surface area contributed by atoms with Crippen molar-refractivity contribution in [3.05, 3.63) is 76.3 Å². The third kappa shape index (κ3) is 3.22. The molecule has 0 spiro atoms. The van der Waals surface area contributed by atoms with E-state index in [4.69, 9.17) is 4.74 Å². The molecule has 5 heteroatoms. The van der Waals surface area contributed by atoms with Crippen molar-refractivity contribution in [1.29, 1.82) is 0 Å². The molecule has 1 amide bonds. The number of thiophene rings is 1. The van der Waals surface area contributed by atoms with Gasteiger partial charge >= 0.3 is 5.97 Å². The standard InChI is InChI=1S/C23H21NO3S/c1-3-14-9-11-15(12-10-14)21(25)24-22-19(23(26)27-4-2)18-13-16-7-5-6-8-17(16)20(18)28-22/h5-12H,3-4,13H2,1-2H3,(H,24,25). The van der Waals surface area contributed by atoms with Gasteiger partial charge in [-0.15, -0.1) is 11.3 Å². The first-order valence-corrected chi connectivity index (χ1v) is 10.2. The number of nitrogens with one attached hydrogen (secondary N) is 1. The highest BCUT2D eigenvalue weighted by Gasteiger charge is 2.31. The van der Waals surface area contributed by atoms with E-state index in [0.29, 0.717) is 29.2 Å². The largest absolute Gasteiger partial charge is 0.462 e. The number of carbonyl (C=O) groups excluding carboxylic acids is 2. The molecule has 4 nitrogen and oxygen atoms in total. The number of aryl methyl sites for hydroxylation is 1. The zero-order valence-corrected chi connectivity index (χ0v) is 16.7. The second-order valence-corrected chi connectivity index (χ2v) is 7.69. The smallest absolute Gasteiger partial charge is 0.341 e. The molecule has 1 aromatic heterocycles. The maximum absolute atomic E-state index is 12.8. The van der Waals surface area contributed by atoms with Crippen LogP contribution in [0.1, 0.15) is 51.3 Å². The van der Waals surface area contributed by atoms with E-state index < -0.39 is 0 Å². The summed E-state index contributed by atoms with van der Waals surface area (Å²) < 4.78 is 5.29. The molecule has 0 bridgehead atoms. The molecule has 0 atom stereocenters. The van der Waals surface area contributed by atoms with Crippen LogP contribution in [-0.2, 0) is 17.6 Å². The average Bonchev–Trinajstić information content (AvgIpc) is 3.23. The van der Waals surface area contributed by atoms with Gasteiger partial charge in [0, 0.05) is 16.9 Å². The van der Waals surface area contributed by atoms with E-state index >= 15 is 0 Å². The SMILES string of the molecule is CCOC(=O)c1c(NC(=O)c2ccc(CC)cc2)sc2c1Cc1ccccc1-2. The van der Waals surface area contributed by atoms with Gasteiger partial charge in [0.1, 0.15) is 5.00 Å². The summed E-state index contributed by atoms with van der Waals surface area (Å²) in [5, 5.41) is 3.50. The number of anilines is 1. The number of ether oxygens (including phenoxy) is 1. The molecule has 4 rings (SSSR count). The van der Waals surface area contributed by atoms with Crippen LogP contribution in [-0.4, -0.2) is 18.5 Å². The second kappa shape index (κ2) is 7.60. The summed E-state index contributed by atoms with van der Waals surface area (Å²) in [4.78, 5) is 26.5. The van der Waals surface area contributed by atoms with Gasteiger partial charge in [-0.2, -0.15) is 0 Å². The van der Waals surface area contributed by atoms with E-state index in [-0.39, 0.29) is 11.9 Å². The van der Waals surface area contributed by atoms with Crippen LogP contribution in [0.3, 0.4) is 0 Å². The van der Waals surface area contributed by atoms with Gasteiger partial charge in [-0.25, -0.2) is 4.79 Å². The zero-order chi connectivity index (χ0) is 19.7. The van der Waals surface area contributed by atoms with Gasteiger partial charge in [0.2, 0.25) is 0 Å². The Labute approximate surface area is 168 Å². The monoisotopic (exact) mass is 391 g/mol. The average molecular weight is 391 g/mol. The Bertz CT molecular complexity index is 1050. The van der Waals surface area contributed by atoms with Gasteiger partial charge < -0.3 is 10.1 Å². The van der Waals surface area contributed by atoms with E-state index in [1.54, 1.807) is 6.92 Å². The Morgan fingerprint density at radius 3 is 2.54 bits per heavy atom. The lowest BCUT2D eigenvalue weighted by atomic mass is 10.1. The highest BCUT2D eigenvalue weighted by atomic mass is 32.1. The van der Waals surface area contributed by atoms with Crippen molar-refractivity contribution in [2.24, 2.45) is 0 Å². The van der Waals surface area contributed by atoms with E-state index in [0.717, 1.165) is 22.4 Å². The van der Waals surface area contributed by atoms with Crippen LogP contribution in [0.25, 0.3) is 10.4 Å². The Morgan fingerprint density at radius 2 is 1.82 bits per heavy atom. The summed E-state index contributed by atoms with van der Waals surface area (Å²) >= 11 is 1.44. The quantitative estimate of drug-likeness (QED) is 0.469. The van der Waals surface area contributed by atoms with Gasteiger partial charge in [0.05, 0.1) is 12.2 Å². The number of rotatable bonds is 5. The summed E-state index contributed by atoms with van der Waals surface area (Å²) in [5.41, 5.74) is 5.50. The number of carbonyl (C=O) groups is 2. The van der Waals surface area contributed by atoms with Crippen LogP contribution in [0.4, 0.5) is 5.00 Å². The molecule has 0 saturated heterocycles. The van der Waals surface area contributed by atoms with Crippen molar-refractivity contribution in [2.75, 3.05) is 11.9 Å². The highest BCUT2D eigenvalue weighted by molar-refractivity contribution is 7.20. The molecule has 0 saturated carbocycles. The number of hydrogen-bond donors (Lipinski definition) is 1. The number of hydrogen-bond acceptors (Lipinski definition) is 4. The number of esters is 1. The lowest BCUT2D eigenvalue weighted by Crippen LogP contribution is -2.15. The van der Waals surface area contributed by atoms with E-state index in [9.17, 15) is 9.59 Å². The van der Waals surface area contributed by atoms with Gasteiger partial charge in [-0.3, -0.25) is 4.79 Å². The molecule has 1 N–H and O–H groups in total. The van der Waals surface area contributed by atoms with Crippen LogP contribution >= 0.6 is 11.3 Å². The predicted octanol–water partition coefficient (Wildman–Crippen LogP) is 5.31. The lowest BCUT2D eigenvalue weighted by molar-refractivity contribution is 0.0527. The third-order valence-corrected chi connectivity index (χ3v) is 6.15. The van der Waals surface area contributed by atoms with Crippen molar-refractivity contribution < 1.29 is 14.3 Å². The zero-order valence-electron chi connectivity index (χ0n) is 15.9. The summed E-state index contributed by atoms with van der Waals surface area (Å²) in [5.74, 6) is -0.606. The Balaban J connectivity index is 1.70. The summed E-state index contributed by atoms with van der Waals surface area (Å²) in [6, 6.07) is 15.7. The molecule has 1 aliphatic rings. The molecular formula is C23H21NO3S. The number of fused-ring (bicyclic) bond motifs is 3. The molecule has 1 aliphatic carbocycles. The maximum Gasteiger partial charge on any atom is 0.341 e. The minimum Gasteiger partial charge on any atom is -0.462 e. The summed E-state index contributed by atoms with van der Waals surface area (Å²) in [7, 11) is 0. The predicted molar refractivity (Wildman–Crippen MR) is 112 cm³/mol. The molecule has 1 heterocycles. The van der Waals surface area contributed by atoms with Gasteiger partial charge in [0.15, 0.2) is 0 Å². The first-order chi connectivity index (χ1) is 13.6. The minimum atomic E-state index is -0.385. The molecule has 3 aromatic rings. The van der Waals surface area contributed by atoms with Gasteiger partial charge in [-0.05, 0) is 47.7 Å². The second-order valence-electron chi connectivity index (χ2n) is 6.67. The van der Waals surface area contributed by atoms with Crippen LogP contribution in [0.5, 0.6) is 0 Å². The maximum atomic E-state index is 12.8. The first kappa shape index (κ1) is 18.4. The fraction of sp³-hybridized carbons (Fsp3) is 0.217. The normalized spacial score (nSPS) is 11.6. The summed E-state index contributed by atoms with van der Waals surface area (Å²) in [6.07, 6.45) is 1.60.